The van der Waals surface area contributed by atoms with Gasteiger partial charge < -0.3 is 18.8 Å². The standard InChI is InChI=1S/C28H29N5O4/c1-3-25-29-18(2)27(37-25)28(34)33-12-10-19-14-23-8-9-24(19)26(33)20-6-4-7-22(15-20)35-13-5-11-32-16-21(17-36-23)30-31-32/h4,6-9,14-16,26H,3,5,10-13,17H2,1-2H3. The first-order valence-corrected chi connectivity index (χ1v) is 12.7. The summed E-state index contributed by atoms with van der Waals surface area (Å²) in [6, 6.07) is 13.8. The molecule has 3 aliphatic heterocycles. The molecule has 0 spiro atoms. The molecule has 8 bridgehead atoms. The highest BCUT2D eigenvalue weighted by molar-refractivity contribution is 5.93. The summed E-state index contributed by atoms with van der Waals surface area (Å²) >= 11 is 0. The molecule has 0 fully saturated rings. The number of fused-ring (bicyclic) bond motifs is 5. The molecule has 5 heterocycles. The highest BCUT2D eigenvalue weighted by atomic mass is 16.5. The molecule has 9 heteroatoms. The van der Waals surface area contributed by atoms with E-state index in [1.165, 1.54) is 0 Å². The molecule has 1 unspecified atom stereocenters. The van der Waals surface area contributed by atoms with Crippen molar-refractivity contribution in [2.75, 3.05) is 13.2 Å². The quantitative estimate of drug-likeness (QED) is 0.406. The number of hydrogen-bond donors (Lipinski definition) is 0. The number of aryl methyl sites for hydroxylation is 3. The van der Waals surface area contributed by atoms with Crippen LogP contribution in [0, 0.1) is 6.92 Å². The molecule has 37 heavy (non-hydrogen) atoms. The predicted molar refractivity (Wildman–Crippen MR) is 135 cm³/mol. The van der Waals surface area contributed by atoms with E-state index in [1.54, 1.807) is 0 Å². The van der Waals surface area contributed by atoms with Crippen molar-refractivity contribution >= 4 is 5.91 Å². The number of ether oxygens (including phenoxy) is 2. The third-order valence-corrected chi connectivity index (χ3v) is 6.89. The summed E-state index contributed by atoms with van der Waals surface area (Å²) < 4.78 is 19.8. The molecule has 190 valence electrons. The van der Waals surface area contributed by atoms with Gasteiger partial charge in [-0.25, -0.2) is 4.98 Å². The first kappa shape index (κ1) is 23.3. The SMILES string of the molecule is CCc1nc(C)c(C(=O)N2CCc3cc4ccc3C2c2cccc(c2)OCCCn2cc(nn2)CO4)o1. The van der Waals surface area contributed by atoms with E-state index in [0.29, 0.717) is 56.5 Å². The lowest BCUT2D eigenvalue weighted by molar-refractivity contribution is 0.0658. The van der Waals surface area contributed by atoms with Crippen LogP contribution < -0.4 is 9.47 Å². The van der Waals surface area contributed by atoms with Crippen molar-refractivity contribution in [2.45, 2.75) is 52.3 Å². The number of amides is 1. The maximum Gasteiger partial charge on any atom is 0.292 e. The van der Waals surface area contributed by atoms with Gasteiger partial charge in [0.2, 0.25) is 5.76 Å². The molecule has 4 aromatic rings. The monoisotopic (exact) mass is 499 g/mol. The van der Waals surface area contributed by atoms with Gasteiger partial charge >= 0.3 is 0 Å². The zero-order chi connectivity index (χ0) is 25.4. The maximum atomic E-state index is 13.8. The second-order valence-corrected chi connectivity index (χ2v) is 9.42. The van der Waals surface area contributed by atoms with Crippen LogP contribution in [0.3, 0.4) is 0 Å². The Morgan fingerprint density at radius 2 is 2.00 bits per heavy atom. The van der Waals surface area contributed by atoms with Crippen LogP contribution >= 0.6 is 0 Å². The Hall–Kier alpha value is -4.14. The molecule has 0 N–H and O–H groups in total. The second kappa shape index (κ2) is 9.72. The van der Waals surface area contributed by atoms with E-state index in [-0.39, 0.29) is 11.9 Å². The van der Waals surface area contributed by atoms with Gasteiger partial charge in [-0.05, 0) is 54.3 Å². The van der Waals surface area contributed by atoms with Gasteiger partial charge in [-0.2, -0.15) is 0 Å². The average Bonchev–Trinajstić information content (AvgIpc) is 3.54. The van der Waals surface area contributed by atoms with Gasteiger partial charge in [0, 0.05) is 25.9 Å². The van der Waals surface area contributed by atoms with E-state index in [1.807, 2.05) is 60.0 Å². The smallest absolute Gasteiger partial charge is 0.292 e. The fraction of sp³-hybridized carbons (Fsp3) is 0.357. The number of benzene rings is 2. The van der Waals surface area contributed by atoms with Crippen molar-refractivity contribution in [1.82, 2.24) is 24.9 Å². The summed E-state index contributed by atoms with van der Waals surface area (Å²) in [4.78, 5) is 20.2. The molecule has 0 saturated heterocycles. The minimum atomic E-state index is -0.294. The highest BCUT2D eigenvalue weighted by Crippen LogP contribution is 2.39. The molecule has 2 aromatic carbocycles. The average molecular weight is 500 g/mol. The Labute approximate surface area is 215 Å². The van der Waals surface area contributed by atoms with Crippen molar-refractivity contribution in [2.24, 2.45) is 0 Å². The fourth-order valence-corrected chi connectivity index (χ4v) is 5.07. The lowest BCUT2D eigenvalue weighted by Crippen LogP contribution is -2.40. The lowest BCUT2D eigenvalue weighted by atomic mass is 9.87. The summed E-state index contributed by atoms with van der Waals surface area (Å²) in [5.41, 5.74) is 4.59. The molecule has 0 radical (unpaired) electrons. The van der Waals surface area contributed by atoms with E-state index in [9.17, 15) is 4.79 Å². The Kier molecular flexibility index (Phi) is 6.12. The van der Waals surface area contributed by atoms with Crippen LogP contribution in [0.15, 0.2) is 53.1 Å². The molecule has 1 amide bonds. The summed E-state index contributed by atoms with van der Waals surface area (Å²) in [5, 5.41) is 8.42. The van der Waals surface area contributed by atoms with Crippen LogP contribution in [0.25, 0.3) is 0 Å². The summed E-state index contributed by atoms with van der Waals surface area (Å²) in [6.07, 6.45) is 4.04. The van der Waals surface area contributed by atoms with E-state index >= 15 is 0 Å². The van der Waals surface area contributed by atoms with Gasteiger partial charge in [0.15, 0.2) is 5.89 Å². The topological polar surface area (TPSA) is 95.5 Å². The Morgan fingerprint density at radius 3 is 2.86 bits per heavy atom. The third kappa shape index (κ3) is 4.57. The van der Waals surface area contributed by atoms with Gasteiger partial charge in [-0.3, -0.25) is 9.48 Å². The van der Waals surface area contributed by atoms with Crippen molar-refractivity contribution in [1.29, 1.82) is 0 Å². The van der Waals surface area contributed by atoms with Crippen molar-refractivity contribution in [3.8, 4) is 11.5 Å². The van der Waals surface area contributed by atoms with Gasteiger partial charge in [0.05, 0.1) is 24.5 Å². The van der Waals surface area contributed by atoms with Crippen LogP contribution in [0.1, 0.15) is 63.9 Å². The normalized spacial score (nSPS) is 17.1. The number of oxazole rings is 1. The number of rotatable bonds is 2. The fourth-order valence-electron chi connectivity index (χ4n) is 5.07. The molecular weight excluding hydrogens is 470 g/mol. The highest BCUT2D eigenvalue weighted by Gasteiger charge is 2.35. The first-order valence-electron chi connectivity index (χ1n) is 12.7. The molecule has 1 atom stereocenters. The third-order valence-electron chi connectivity index (χ3n) is 6.89. The summed E-state index contributed by atoms with van der Waals surface area (Å²) in [5.74, 6) is 2.27. The van der Waals surface area contributed by atoms with Gasteiger partial charge in [-0.15, -0.1) is 5.10 Å². The molecule has 2 aromatic heterocycles. The number of carbonyl (C=O) groups is 1. The van der Waals surface area contributed by atoms with Crippen LogP contribution in [0.5, 0.6) is 11.5 Å². The van der Waals surface area contributed by atoms with Crippen LogP contribution in [0.2, 0.25) is 0 Å². The van der Waals surface area contributed by atoms with Crippen molar-refractivity contribution in [3.63, 3.8) is 0 Å². The van der Waals surface area contributed by atoms with Crippen molar-refractivity contribution in [3.05, 3.63) is 88.4 Å². The van der Waals surface area contributed by atoms with Crippen LogP contribution in [-0.4, -0.2) is 43.9 Å². The number of aromatic nitrogens is 4. The Bertz CT molecular complexity index is 1440. The molecule has 9 nitrogen and oxygen atoms in total. The molecule has 0 aliphatic carbocycles. The zero-order valence-electron chi connectivity index (χ0n) is 21.0. The number of nitrogens with zero attached hydrogens (tertiary/aromatic N) is 5. The number of carbonyl (C=O) groups excluding carboxylic acids is 1. The van der Waals surface area contributed by atoms with E-state index in [2.05, 4.69) is 27.4 Å². The van der Waals surface area contributed by atoms with Crippen LogP contribution in [-0.2, 0) is 26.0 Å². The zero-order valence-corrected chi connectivity index (χ0v) is 21.0. The minimum Gasteiger partial charge on any atom is -0.494 e. The molecular formula is C28H29N5O4. The molecule has 7 rings (SSSR count). The van der Waals surface area contributed by atoms with Crippen LogP contribution in [0.4, 0.5) is 0 Å². The number of hydrogen-bond acceptors (Lipinski definition) is 7. The Morgan fingerprint density at radius 1 is 1.11 bits per heavy atom. The summed E-state index contributed by atoms with van der Waals surface area (Å²) in [7, 11) is 0. The largest absolute Gasteiger partial charge is 0.494 e. The van der Waals surface area contributed by atoms with Gasteiger partial charge in [0.25, 0.3) is 5.91 Å². The lowest BCUT2D eigenvalue weighted by Gasteiger charge is -2.37. The Balaban J connectivity index is 1.41. The van der Waals surface area contributed by atoms with E-state index in [4.69, 9.17) is 13.9 Å². The predicted octanol–water partition coefficient (Wildman–Crippen LogP) is 4.29. The summed E-state index contributed by atoms with van der Waals surface area (Å²) in [6.45, 7) is 5.92. The minimum absolute atomic E-state index is 0.153. The second-order valence-electron chi connectivity index (χ2n) is 9.42. The van der Waals surface area contributed by atoms with Crippen molar-refractivity contribution < 1.29 is 18.7 Å². The van der Waals surface area contributed by atoms with E-state index < -0.39 is 0 Å². The molecule has 0 saturated carbocycles. The van der Waals surface area contributed by atoms with E-state index in [0.717, 1.165) is 40.3 Å². The first-order chi connectivity index (χ1) is 18.1. The van der Waals surface area contributed by atoms with Gasteiger partial charge in [-0.1, -0.05) is 30.3 Å². The maximum absolute atomic E-state index is 13.8. The van der Waals surface area contributed by atoms with Gasteiger partial charge in [0.1, 0.15) is 23.8 Å². The molecule has 3 aliphatic rings.